The Labute approximate surface area is 179 Å². The molecule has 0 bridgehead atoms. The standard InChI is InChI=1S/C24H32N2O2S/c1-18(2)27-22-10-7-9-19-12-13-21(28-24(19)22)16-25-14-5-6-15-26-17-20-8-3-4-11-23(20)29-26/h3-4,7-11,18,21,25H,5-6,12-17H2,1-2H3/t21-/m1/s1. The van der Waals surface area contributed by atoms with Crippen molar-refractivity contribution in [3.8, 4) is 11.5 Å². The fourth-order valence-electron chi connectivity index (χ4n) is 3.94. The van der Waals surface area contributed by atoms with Crippen molar-refractivity contribution in [1.82, 2.24) is 9.62 Å². The Kier molecular flexibility index (Phi) is 7.01. The second-order valence-electron chi connectivity index (χ2n) is 8.16. The lowest BCUT2D eigenvalue weighted by Gasteiger charge is -2.28. The molecule has 0 fully saturated rings. The smallest absolute Gasteiger partial charge is 0.164 e. The van der Waals surface area contributed by atoms with E-state index in [9.17, 15) is 0 Å². The lowest BCUT2D eigenvalue weighted by molar-refractivity contribution is 0.152. The van der Waals surface area contributed by atoms with Crippen LogP contribution in [0.3, 0.4) is 0 Å². The molecule has 1 atom stereocenters. The zero-order valence-corrected chi connectivity index (χ0v) is 18.3. The molecule has 0 saturated carbocycles. The molecule has 0 aromatic heterocycles. The summed E-state index contributed by atoms with van der Waals surface area (Å²) in [7, 11) is 0. The first-order valence-electron chi connectivity index (χ1n) is 10.9. The fraction of sp³-hybridized carbons (Fsp3) is 0.500. The maximum Gasteiger partial charge on any atom is 0.164 e. The minimum Gasteiger partial charge on any atom is -0.487 e. The summed E-state index contributed by atoms with van der Waals surface area (Å²) in [5.74, 6) is 1.83. The van der Waals surface area contributed by atoms with E-state index in [1.165, 1.54) is 28.9 Å². The lowest BCUT2D eigenvalue weighted by atomic mass is 10.0. The highest BCUT2D eigenvalue weighted by Gasteiger charge is 2.23. The summed E-state index contributed by atoms with van der Waals surface area (Å²) >= 11 is 1.90. The van der Waals surface area contributed by atoms with Crippen LogP contribution in [0.5, 0.6) is 11.5 Å². The molecule has 2 aliphatic rings. The van der Waals surface area contributed by atoms with Crippen molar-refractivity contribution < 1.29 is 9.47 Å². The summed E-state index contributed by atoms with van der Waals surface area (Å²) in [5, 5.41) is 3.60. The molecule has 2 aromatic rings. The molecule has 4 nitrogen and oxygen atoms in total. The summed E-state index contributed by atoms with van der Waals surface area (Å²) in [4.78, 5) is 1.42. The van der Waals surface area contributed by atoms with Crippen molar-refractivity contribution in [2.24, 2.45) is 0 Å². The van der Waals surface area contributed by atoms with Crippen molar-refractivity contribution in [3.05, 3.63) is 53.6 Å². The monoisotopic (exact) mass is 412 g/mol. The van der Waals surface area contributed by atoms with Crippen LogP contribution in [0, 0.1) is 0 Å². The maximum absolute atomic E-state index is 6.29. The van der Waals surface area contributed by atoms with E-state index in [-0.39, 0.29) is 12.2 Å². The van der Waals surface area contributed by atoms with Crippen molar-refractivity contribution in [2.75, 3.05) is 19.6 Å². The van der Waals surface area contributed by atoms with Crippen LogP contribution < -0.4 is 14.8 Å². The quantitative estimate of drug-likeness (QED) is 0.460. The third-order valence-electron chi connectivity index (χ3n) is 5.37. The van der Waals surface area contributed by atoms with Crippen LogP contribution in [0.15, 0.2) is 47.4 Å². The van der Waals surface area contributed by atoms with Crippen LogP contribution in [0.25, 0.3) is 0 Å². The second kappa shape index (κ2) is 9.88. The molecule has 156 valence electrons. The normalized spacial score (nSPS) is 18.4. The zero-order valence-electron chi connectivity index (χ0n) is 17.5. The van der Waals surface area contributed by atoms with Gasteiger partial charge in [0.2, 0.25) is 0 Å². The van der Waals surface area contributed by atoms with Crippen LogP contribution in [0.4, 0.5) is 0 Å². The van der Waals surface area contributed by atoms with Gasteiger partial charge in [-0.2, -0.15) is 0 Å². The number of hydrogen-bond acceptors (Lipinski definition) is 5. The van der Waals surface area contributed by atoms with Crippen molar-refractivity contribution in [3.63, 3.8) is 0 Å². The summed E-state index contributed by atoms with van der Waals surface area (Å²) in [5.41, 5.74) is 2.73. The average Bonchev–Trinajstić information content (AvgIpc) is 3.13. The van der Waals surface area contributed by atoms with E-state index in [0.29, 0.717) is 0 Å². The SMILES string of the molecule is CC(C)Oc1cccc2c1O[C@@H](CNCCCCN1Cc3ccccc3S1)CC2. The molecule has 0 amide bonds. The van der Waals surface area contributed by atoms with Gasteiger partial charge in [-0.05, 0) is 81.3 Å². The molecule has 2 aromatic carbocycles. The highest BCUT2D eigenvalue weighted by molar-refractivity contribution is 7.97. The van der Waals surface area contributed by atoms with Gasteiger partial charge in [0.05, 0.1) is 6.10 Å². The Hall–Kier alpha value is -1.69. The van der Waals surface area contributed by atoms with Crippen molar-refractivity contribution in [2.45, 2.75) is 63.2 Å². The minimum atomic E-state index is 0.158. The van der Waals surface area contributed by atoms with E-state index in [1.54, 1.807) is 0 Å². The predicted octanol–water partition coefficient (Wildman–Crippen LogP) is 5.06. The molecule has 0 radical (unpaired) electrons. The Morgan fingerprint density at radius 1 is 1.14 bits per heavy atom. The first-order chi connectivity index (χ1) is 14.2. The summed E-state index contributed by atoms with van der Waals surface area (Å²) in [6.45, 7) is 8.28. The molecule has 0 spiro atoms. The lowest BCUT2D eigenvalue weighted by Crippen LogP contribution is -2.35. The van der Waals surface area contributed by atoms with E-state index in [4.69, 9.17) is 9.47 Å². The third-order valence-corrected chi connectivity index (χ3v) is 6.54. The number of benzene rings is 2. The number of ether oxygens (including phenoxy) is 2. The molecule has 4 rings (SSSR count). The summed E-state index contributed by atoms with van der Waals surface area (Å²) < 4.78 is 14.7. The number of nitrogens with zero attached hydrogens (tertiary/aromatic N) is 1. The molecule has 1 N–H and O–H groups in total. The van der Waals surface area contributed by atoms with Crippen molar-refractivity contribution >= 4 is 11.9 Å². The number of nitrogens with one attached hydrogen (secondary N) is 1. The summed E-state index contributed by atoms with van der Waals surface area (Å²) in [6, 6.07) is 15.0. The Bertz CT molecular complexity index is 786. The van der Waals surface area contributed by atoms with Crippen molar-refractivity contribution in [1.29, 1.82) is 0 Å². The molecule has 0 unspecified atom stereocenters. The van der Waals surface area contributed by atoms with Gasteiger partial charge in [-0.1, -0.05) is 30.3 Å². The Balaban J connectivity index is 1.14. The highest BCUT2D eigenvalue weighted by atomic mass is 32.2. The molecule has 5 heteroatoms. The van der Waals surface area contributed by atoms with E-state index >= 15 is 0 Å². The van der Waals surface area contributed by atoms with Gasteiger partial charge >= 0.3 is 0 Å². The van der Waals surface area contributed by atoms with E-state index < -0.39 is 0 Å². The van der Waals surface area contributed by atoms with Gasteiger partial charge in [0.25, 0.3) is 0 Å². The van der Waals surface area contributed by atoms with Crippen LogP contribution in [-0.2, 0) is 13.0 Å². The highest BCUT2D eigenvalue weighted by Crippen LogP contribution is 2.37. The number of rotatable bonds is 9. The first-order valence-corrected chi connectivity index (χ1v) is 11.6. The van der Waals surface area contributed by atoms with Gasteiger partial charge in [0, 0.05) is 24.5 Å². The van der Waals surface area contributed by atoms with Crippen LogP contribution >= 0.6 is 11.9 Å². The van der Waals surface area contributed by atoms with Gasteiger partial charge in [0.15, 0.2) is 11.5 Å². The molecular weight excluding hydrogens is 380 g/mol. The number of fused-ring (bicyclic) bond motifs is 2. The fourth-order valence-corrected chi connectivity index (χ4v) is 5.03. The number of para-hydroxylation sites is 1. The molecule has 0 aliphatic carbocycles. The van der Waals surface area contributed by atoms with E-state index in [1.807, 2.05) is 18.0 Å². The van der Waals surface area contributed by atoms with Gasteiger partial charge in [-0.25, -0.2) is 4.31 Å². The van der Waals surface area contributed by atoms with Gasteiger partial charge < -0.3 is 14.8 Å². The first kappa shape index (κ1) is 20.6. The molecule has 2 aliphatic heterocycles. The molecule has 2 heterocycles. The molecule has 0 saturated heterocycles. The number of aryl methyl sites for hydroxylation is 1. The Morgan fingerprint density at radius 3 is 2.86 bits per heavy atom. The Morgan fingerprint density at radius 2 is 2.00 bits per heavy atom. The predicted molar refractivity (Wildman–Crippen MR) is 120 cm³/mol. The number of hydrogen-bond donors (Lipinski definition) is 1. The largest absolute Gasteiger partial charge is 0.487 e. The second-order valence-corrected chi connectivity index (χ2v) is 9.30. The zero-order chi connectivity index (χ0) is 20.1. The third kappa shape index (κ3) is 5.47. The van der Waals surface area contributed by atoms with Gasteiger partial charge in [0.1, 0.15) is 6.10 Å². The number of unbranched alkanes of at least 4 members (excludes halogenated alkanes) is 1. The summed E-state index contributed by atoms with van der Waals surface area (Å²) in [6.07, 6.45) is 4.92. The van der Waals surface area contributed by atoms with Gasteiger partial charge in [-0.15, -0.1) is 0 Å². The van der Waals surface area contributed by atoms with E-state index in [0.717, 1.165) is 50.5 Å². The minimum absolute atomic E-state index is 0.158. The average molecular weight is 413 g/mol. The van der Waals surface area contributed by atoms with Crippen LogP contribution in [-0.4, -0.2) is 36.1 Å². The topological polar surface area (TPSA) is 33.7 Å². The maximum atomic E-state index is 6.29. The van der Waals surface area contributed by atoms with Gasteiger partial charge in [-0.3, -0.25) is 0 Å². The molecule has 29 heavy (non-hydrogen) atoms. The van der Waals surface area contributed by atoms with E-state index in [2.05, 4.69) is 59.9 Å². The van der Waals surface area contributed by atoms with Crippen LogP contribution in [0.2, 0.25) is 0 Å². The molecular formula is C24H32N2O2S. The van der Waals surface area contributed by atoms with Crippen LogP contribution in [0.1, 0.15) is 44.2 Å².